The maximum Gasteiger partial charge on any atom is 0.199 e. The second-order valence-electron chi connectivity index (χ2n) is 10.4. The number of carbonyl (C=O) groups is 4. The number of rotatable bonds is 3. The molecule has 46 heavy (non-hydrogen) atoms. The summed E-state index contributed by atoms with van der Waals surface area (Å²) < 4.78 is 10.3. The summed E-state index contributed by atoms with van der Waals surface area (Å²) in [5.74, 6) is -1.28. The van der Waals surface area contributed by atoms with Crippen molar-refractivity contribution < 1.29 is 19.2 Å². The molecule has 2 aromatic heterocycles. The number of ketones is 4. The molecule has 8 nitrogen and oxygen atoms in total. The third kappa shape index (κ3) is 4.57. The molecule has 4 aromatic rings. The lowest BCUT2D eigenvalue weighted by molar-refractivity contribution is 0.101. The molecule has 2 heterocycles. The largest absolute Gasteiger partial charge is 0.396 e. The minimum atomic E-state index is -0.321. The van der Waals surface area contributed by atoms with Crippen molar-refractivity contribution in [1.29, 1.82) is 5.41 Å². The third-order valence-electron chi connectivity index (χ3n) is 7.81. The molecule has 7 rings (SSSR count). The van der Waals surface area contributed by atoms with Gasteiger partial charge < -0.3 is 5.73 Å². The first kappa shape index (κ1) is 29.7. The highest BCUT2D eigenvalue weighted by atomic mass is 32.1. The van der Waals surface area contributed by atoms with Crippen LogP contribution in [-0.4, -0.2) is 34.6 Å². The number of Topliss-reactive ketones (excluding diaryl/α,β-unsaturated/α-hetero) is 4. The fourth-order valence-electron chi connectivity index (χ4n) is 5.63. The monoisotopic (exact) mass is 674 g/mol. The number of carbonyl (C=O) groups excluding carboxylic acids is 4. The summed E-state index contributed by atoms with van der Waals surface area (Å²) in [6.45, 7) is 0. The first-order valence-electron chi connectivity index (χ1n) is 13.6. The zero-order chi connectivity index (χ0) is 32.3. The van der Waals surface area contributed by atoms with Crippen molar-refractivity contribution in [1.82, 2.24) is 0 Å². The van der Waals surface area contributed by atoms with Gasteiger partial charge in [-0.2, -0.15) is 4.36 Å². The molecule has 0 atom stereocenters. The molecular weight excluding hydrogens is 657 g/mol. The molecule has 0 amide bonds. The van der Waals surface area contributed by atoms with E-state index in [1.165, 1.54) is 22.7 Å². The second-order valence-corrected chi connectivity index (χ2v) is 13.0. The molecule has 12 heteroatoms. The molecule has 3 aliphatic carbocycles. The predicted molar refractivity (Wildman–Crippen MR) is 185 cm³/mol. The van der Waals surface area contributed by atoms with E-state index in [0.29, 0.717) is 51.5 Å². The van der Waals surface area contributed by atoms with Crippen LogP contribution in [0.25, 0.3) is 23.3 Å². The van der Waals surface area contributed by atoms with Gasteiger partial charge >= 0.3 is 0 Å². The normalized spacial score (nSPS) is 18.1. The number of fused-ring (bicyclic) bond motifs is 2. The number of allylic oxidation sites excluding steroid dienone is 2. The van der Waals surface area contributed by atoms with Crippen LogP contribution in [0.1, 0.15) is 41.4 Å². The summed E-state index contributed by atoms with van der Waals surface area (Å²) in [6, 6.07) is 20.3. The van der Waals surface area contributed by atoms with Gasteiger partial charge in [0.2, 0.25) is 0 Å². The van der Waals surface area contributed by atoms with Crippen LogP contribution in [0.15, 0.2) is 104 Å². The summed E-state index contributed by atoms with van der Waals surface area (Å²) >= 11 is 11.7. The van der Waals surface area contributed by atoms with E-state index in [2.05, 4.69) is 21.6 Å². The number of thiophene rings is 2. The summed E-state index contributed by atoms with van der Waals surface area (Å²) in [5, 5.41) is 8.98. The van der Waals surface area contributed by atoms with Gasteiger partial charge in [-0.05, 0) is 49.2 Å². The van der Waals surface area contributed by atoms with Crippen LogP contribution >= 0.6 is 35.5 Å². The number of hydrogen-bond donors (Lipinski definition) is 3. The minimum Gasteiger partial charge on any atom is -0.396 e. The Morgan fingerprint density at radius 3 is 1.48 bits per heavy atom. The molecule has 3 N–H and O–H groups in total. The van der Waals surface area contributed by atoms with Gasteiger partial charge in [-0.25, -0.2) is 4.40 Å². The van der Waals surface area contributed by atoms with E-state index >= 15 is 0 Å². The van der Waals surface area contributed by atoms with Gasteiger partial charge in [0.25, 0.3) is 0 Å². The van der Waals surface area contributed by atoms with Crippen molar-refractivity contribution in [3.05, 3.63) is 136 Å². The number of nitrogens with one attached hydrogen (secondary N) is 1. The number of nitrogens with two attached hydrogens (primary N) is 1. The van der Waals surface area contributed by atoms with Gasteiger partial charge in [0, 0.05) is 64.0 Å². The maximum absolute atomic E-state index is 13.0. The average Bonchev–Trinajstić information content (AvgIpc) is 3.83. The molecule has 222 valence electrons. The number of hydrogen-bond acceptors (Lipinski definition) is 12. The van der Waals surface area contributed by atoms with Crippen LogP contribution in [0.3, 0.4) is 0 Å². The standard InChI is InChI=1S/C34H18N4O4S4/c35-27-21(13-15-9-11-23(45-15)25-31(39)17-5-1-2-6-18(17)32(25)40)29(37-43)28(36)22(30(27)38-44)14-16-10-12-24(46-16)26-33(41)19-7-3-4-8-20(19)34(26)42/h1-14,35,44H,36H2/b15-13+,16-14+,35-27?,38-30-. The van der Waals surface area contributed by atoms with Gasteiger partial charge in [-0.3, -0.25) is 24.6 Å². The SMILES string of the molecule is N=C1C(/C=c2\ccc(=C3C(=O)c4ccccc4C3=O)s2)=C(N=S)C(N)=C(/C=c2\ccc(=C3C(=O)c4ccccc4C3=O)s2)/C1=N/S. The van der Waals surface area contributed by atoms with Gasteiger partial charge in [0.1, 0.15) is 11.4 Å². The van der Waals surface area contributed by atoms with E-state index in [1.54, 1.807) is 84.9 Å². The summed E-state index contributed by atoms with van der Waals surface area (Å²) in [5.41, 5.74) is 9.44. The average molecular weight is 675 g/mol. The number of thiol groups is 1. The summed E-state index contributed by atoms with van der Waals surface area (Å²) in [7, 11) is 0. The Balaban J connectivity index is 1.33. The zero-order valence-corrected chi connectivity index (χ0v) is 26.7. The number of benzene rings is 2. The highest BCUT2D eigenvalue weighted by molar-refractivity contribution is 7.79. The third-order valence-corrected chi connectivity index (χ3v) is 10.3. The fourth-order valence-corrected chi connectivity index (χ4v) is 8.02. The molecule has 0 radical (unpaired) electrons. The molecule has 2 aromatic carbocycles. The van der Waals surface area contributed by atoms with Crippen LogP contribution in [0.4, 0.5) is 0 Å². The first-order valence-corrected chi connectivity index (χ1v) is 16.0. The molecule has 0 bridgehead atoms. The molecule has 0 unspecified atom stereocenters. The summed E-state index contributed by atoms with van der Waals surface area (Å²) in [6.07, 6.45) is 3.35. The van der Waals surface area contributed by atoms with Crippen molar-refractivity contribution >= 4 is 106 Å². The highest BCUT2D eigenvalue weighted by Crippen LogP contribution is 2.29. The Morgan fingerprint density at radius 1 is 0.674 bits per heavy atom. The van der Waals surface area contributed by atoms with E-state index in [0.717, 1.165) is 0 Å². The van der Waals surface area contributed by atoms with Crippen LogP contribution in [0, 0.1) is 5.41 Å². The Kier molecular flexibility index (Phi) is 7.36. The molecule has 0 saturated carbocycles. The smallest absolute Gasteiger partial charge is 0.199 e. The van der Waals surface area contributed by atoms with Crippen molar-refractivity contribution in [3.63, 3.8) is 0 Å². The lowest BCUT2D eigenvalue weighted by Crippen LogP contribution is -2.27. The Morgan fingerprint density at radius 2 is 1.09 bits per heavy atom. The van der Waals surface area contributed by atoms with E-state index in [4.69, 9.17) is 23.6 Å². The molecule has 0 fully saturated rings. The molecule has 0 saturated heterocycles. The van der Waals surface area contributed by atoms with E-state index < -0.39 is 0 Å². The van der Waals surface area contributed by atoms with E-state index in [9.17, 15) is 19.2 Å². The topological polar surface area (TPSA) is 143 Å². The van der Waals surface area contributed by atoms with Crippen molar-refractivity contribution in [2.45, 2.75) is 0 Å². The quantitative estimate of drug-likeness (QED) is 0.225. The maximum atomic E-state index is 13.0. The fraction of sp³-hybridized carbons (Fsp3) is 0. The number of nitrogens with zero attached hydrogens (tertiary/aromatic N) is 2. The Labute approximate surface area is 279 Å². The van der Waals surface area contributed by atoms with Gasteiger partial charge in [0.15, 0.2) is 23.1 Å². The van der Waals surface area contributed by atoms with Gasteiger partial charge in [0.05, 0.1) is 22.6 Å². The molecule has 3 aliphatic rings. The van der Waals surface area contributed by atoms with Crippen LogP contribution in [0.2, 0.25) is 0 Å². The van der Waals surface area contributed by atoms with Crippen LogP contribution < -0.4 is 23.9 Å². The highest BCUT2D eigenvalue weighted by Gasteiger charge is 2.35. The Hall–Kier alpha value is -5.01. The second kappa shape index (κ2) is 11.4. The van der Waals surface area contributed by atoms with Gasteiger partial charge in [-0.15, -0.1) is 22.7 Å². The molecular formula is C34H18N4O4S4. The predicted octanol–water partition coefficient (Wildman–Crippen LogP) is 3.05. The molecule has 0 spiro atoms. The van der Waals surface area contributed by atoms with E-state index in [1.807, 2.05) is 0 Å². The van der Waals surface area contributed by atoms with Crippen molar-refractivity contribution in [3.8, 4) is 0 Å². The van der Waals surface area contributed by atoms with Gasteiger partial charge in [-0.1, -0.05) is 48.5 Å². The van der Waals surface area contributed by atoms with E-state index in [-0.39, 0.29) is 57.1 Å². The van der Waals surface area contributed by atoms with Crippen LogP contribution in [0.5, 0.6) is 0 Å². The lowest BCUT2D eigenvalue weighted by Gasteiger charge is -2.20. The van der Waals surface area contributed by atoms with Crippen LogP contribution in [-0.2, 0) is 12.4 Å². The lowest BCUT2D eigenvalue weighted by atomic mass is 9.89. The summed E-state index contributed by atoms with van der Waals surface area (Å²) in [4.78, 5) is 52.0. The molecule has 0 aliphatic heterocycles. The Bertz CT molecular complexity index is 2440. The van der Waals surface area contributed by atoms with Crippen molar-refractivity contribution in [2.75, 3.05) is 0 Å². The minimum absolute atomic E-state index is 0.0372. The van der Waals surface area contributed by atoms with Crippen molar-refractivity contribution in [2.24, 2.45) is 14.5 Å². The zero-order valence-electron chi connectivity index (χ0n) is 23.4. The first-order chi connectivity index (χ1) is 22.2.